The summed E-state index contributed by atoms with van der Waals surface area (Å²) in [6, 6.07) is 0. The van der Waals surface area contributed by atoms with Crippen LogP contribution >= 0.6 is 0 Å². The molecule has 0 unspecified atom stereocenters. The molecule has 1 heterocycles. The van der Waals surface area contributed by atoms with E-state index in [2.05, 4.69) is 16.5 Å². The average molecular weight is 372 g/mol. The van der Waals surface area contributed by atoms with Crippen molar-refractivity contribution in [1.29, 1.82) is 0 Å². The molecule has 1 atom stereocenters. The third-order valence-electron chi connectivity index (χ3n) is 5.12. The highest BCUT2D eigenvalue weighted by Gasteiger charge is 2.38. The Balaban J connectivity index is 1.92. The number of nitrogens with zero attached hydrogens (tertiary/aromatic N) is 2. The van der Waals surface area contributed by atoms with Gasteiger partial charge in [0.1, 0.15) is 0 Å². The lowest BCUT2D eigenvalue weighted by molar-refractivity contribution is -0.192. The number of halogens is 3. The van der Waals surface area contributed by atoms with Gasteiger partial charge in [0.05, 0.1) is 5.70 Å². The van der Waals surface area contributed by atoms with Crippen molar-refractivity contribution in [2.75, 3.05) is 19.6 Å². The van der Waals surface area contributed by atoms with E-state index in [1.54, 1.807) is 0 Å². The predicted molar refractivity (Wildman–Crippen MR) is 99.2 cm³/mol. The lowest BCUT2D eigenvalue weighted by atomic mass is 9.87. The second-order valence-electron chi connectivity index (χ2n) is 7.43. The summed E-state index contributed by atoms with van der Waals surface area (Å²) in [4.78, 5) is 6.53. The van der Waals surface area contributed by atoms with Crippen molar-refractivity contribution in [3.8, 4) is 0 Å². The Morgan fingerprint density at radius 3 is 2.69 bits per heavy atom. The molecule has 3 nitrogen and oxygen atoms in total. The van der Waals surface area contributed by atoms with Crippen molar-refractivity contribution in [2.24, 2.45) is 10.9 Å². The molecule has 0 amide bonds. The first-order chi connectivity index (χ1) is 12.3. The first-order valence-corrected chi connectivity index (χ1v) is 9.73. The van der Waals surface area contributed by atoms with E-state index in [9.17, 15) is 13.2 Å². The van der Waals surface area contributed by atoms with Crippen molar-refractivity contribution in [1.82, 2.24) is 4.90 Å². The number of hydrogen-bond donors (Lipinski definition) is 0. The van der Waals surface area contributed by atoms with Crippen LogP contribution in [0.4, 0.5) is 13.2 Å². The van der Waals surface area contributed by atoms with Gasteiger partial charge in [-0.3, -0.25) is 4.90 Å². The molecule has 26 heavy (non-hydrogen) atoms. The predicted octanol–water partition coefficient (Wildman–Crippen LogP) is 5.49. The van der Waals surface area contributed by atoms with Gasteiger partial charge < -0.3 is 4.74 Å². The second-order valence-corrected chi connectivity index (χ2v) is 7.43. The molecular formula is C20H31F3N2O. The van der Waals surface area contributed by atoms with Gasteiger partial charge in [0.15, 0.2) is 6.10 Å². The van der Waals surface area contributed by atoms with Crippen LogP contribution in [0.1, 0.15) is 58.3 Å². The number of ether oxygens (including phenoxy) is 1. The maximum atomic E-state index is 12.7. The van der Waals surface area contributed by atoms with Gasteiger partial charge in [0.25, 0.3) is 0 Å². The van der Waals surface area contributed by atoms with Crippen molar-refractivity contribution >= 4 is 5.90 Å². The molecule has 148 valence electrons. The second kappa shape index (κ2) is 10.1. The first-order valence-electron chi connectivity index (χ1n) is 9.73. The Morgan fingerprint density at radius 2 is 2.00 bits per heavy atom. The molecule has 0 spiro atoms. The van der Waals surface area contributed by atoms with E-state index in [1.807, 2.05) is 6.08 Å². The maximum absolute atomic E-state index is 12.7. The van der Waals surface area contributed by atoms with Crippen LogP contribution in [0.25, 0.3) is 0 Å². The van der Waals surface area contributed by atoms with E-state index in [-0.39, 0.29) is 5.90 Å². The molecular weight excluding hydrogens is 341 g/mol. The Morgan fingerprint density at radius 1 is 1.27 bits per heavy atom. The van der Waals surface area contributed by atoms with Gasteiger partial charge in [-0.2, -0.15) is 13.2 Å². The van der Waals surface area contributed by atoms with Crippen LogP contribution in [-0.2, 0) is 4.74 Å². The van der Waals surface area contributed by atoms with Crippen LogP contribution in [0.3, 0.4) is 0 Å². The van der Waals surface area contributed by atoms with Gasteiger partial charge >= 0.3 is 6.18 Å². The zero-order valence-corrected chi connectivity index (χ0v) is 15.7. The van der Waals surface area contributed by atoms with Gasteiger partial charge in [-0.05, 0) is 51.3 Å². The molecule has 0 saturated heterocycles. The third-order valence-corrected chi connectivity index (χ3v) is 5.12. The molecule has 0 radical (unpaired) electrons. The van der Waals surface area contributed by atoms with E-state index in [0.717, 1.165) is 38.8 Å². The fourth-order valence-corrected chi connectivity index (χ4v) is 3.53. The van der Waals surface area contributed by atoms with Gasteiger partial charge in [-0.25, -0.2) is 4.99 Å². The Kier molecular flexibility index (Phi) is 8.19. The van der Waals surface area contributed by atoms with Crippen LogP contribution in [0.2, 0.25) is 0 Å². The number of alkyl halides is 3. The molecule has 0 bridgehead atoms. The fraction of sp³-hybridized carbons (Fsp3) is 0.750. The summed E-state index contributed by atoms with van der Waals surface area (Å²) >= 11 is 0. The van der Waals surface area contributed by atoms with Gasteiger partial charge in [0.2, 0.25) is 5.90 Å². The molecule has 2 aliphatic rings. The summed E-state index contributed by atoms with van der Waals surface area (Å²) in [5, 5.41) is 0. The van der Waals surface area contributed by atoms with Crippen LogP contribution in [0, 0.1) is 5.92 Å². The topological polar surface area (TPSA) is 24.8 Å². The largest absolute Gasteiger partial charge is 0.465 e. The lowest BCUT2D eigenvalue weighted by Crippen LogP contribution is -2.32. The van der Waals surface area contributed by atoms with E-state index >= 15 is 0 Å². The Labute approximate surface area is 155 Å². The zero-order valence-electron chi connectivity index (χ0n) is 15.7. The number of allylic oxidation sites excluding steroid dienone is 1. The Hall–Kier alpha value is -1.30. The molecule has 0 N–H and O–H groups in total. The summed E-state index contributed by atoms with van der Waals surface area (Å²) in [5.41, 5.74) is 0.546. The minimum atomic E-state index is -4.40. The zero-order chi connectivity index (χ0) is 19.0. The number of aliphatic imine (C=N–C) groups is 1. The summed E-state index contributed by atoms with van der Waals surface area (Å²) in [5.74, 6) is 0.802. The van der Waals surface area contributed by atoms with Crippen molar-refractivity contribution in [2.45, 2.75) is 70.6 Å². The van der Waals surface area contributed by atoms with Crippen LogP contribution in [-0.4, -0.2) is 42.7 Å². The molecule has 1 aliphatic carbocycles. The highest BCUT2D eigenvalue weighted by Crippen LogP contribution is 2.27. The fourth-order valence-electron chi connectivity index (χ4n) is 3.53. The standard InChI is InChI=1S/C20H31F3N2O/c1-16-15-25(14-12-18-9-5-3-6-10-18)13-8-4-7-11-19(24-16)26-17(2)20(21,22)23/h7,11,17-18H,1,3-6,8-10,12-15H2,2H3/b11-7-,24-19?/t17-/m1/s1. The van der Waals surface area contributed by atoms with Gasteiger partial charge in [-0.15, -0.1) is 0 Å². The number of rotatable bonds is 4. The Bertz CT molecular complexity index is 508. The monoisotopic (exact) mass is 372 g/mol. The highest BCUT2D eigenvalue weighted by molar-refractivity contribution is 5.88. The first kappa shape index (κ1) is 21.0. The van der Waals surface area contributed by atoms with Crippen LogP contribution in [0.5, 0.6) is 0 Å². The average Bonchev–Trinajstić information content (AvgIpc) is 2.58. The third kappa shape index (κ3) is 7.52. The maximum Gasteiger partial charge on any atom is 0.425 e. The van der Waals surface area contributed by atoms with Crippen molar-refractivity contribution in [3.63, 3.8) is 0 Å². The quantitative estimate of drug-likeness (QED) is 0.652. The molecule has 0 aromatic carbocycles. The van der Waals surface area contributed by atoms with E-state index in [1.165, 1.54) is 44.6 Å². The van der Waals surface area contributed by atoms with Gasteiger partial charge in [0, 0.05) is 6.54 Å². The molecule has 1 aliphatic heterocycles. The highest BCUT2D eigenvalue weighted by atomic mass is 19.4. The van der Waals surface area contributed by atoms with Crippen LogP contribution in [0.15, 0.2) is 29.4 Å². The number of hydrogen-bond acceptors (Lipinski definition) is 3. The molecule has 1 saturated carbocycles. The van der Waals surface area contributed by atoms with E-state index in [0.29, 0.717) is 12.2 Å². The smallest absolute Gasteiger partial charge is 0.425 e. The molecule has 0 aromatic rings. The minimum Gasteiger partial charge on any atom is -0.465 e. The van der Waals surface area contributed by atoms with E-state index < -0.39 is 12.3 Å². The molecule has 0 aromatic heterocycles. The summed E-state index contributed by atoms with van der Waals surface area (Å²) in [6.45, 7) is 7.46. The summed E-state index contributed by atoms with van der Waals surface area (Å²) in [7, 11) is 0. The normalized spacial score (nSPS) is 24.0. The lowest BCUT2D eigenvalue weighted by Gasteiger charge is -2.27. The summed E-state index contributed by atoms with van der Waals surface area (Å²) in [6.07, 6.45) is 6.71. The van der Waals surface area contributed by atoms with Crippen molar-refractivity contribution in [3.05, 3.63) is 24.4 Å². The summed E-state index contributed by atoms with van der Waals surface area (Å²) < 4.78 is 43.2. The van der Waals surface area contributed by atoms with Gasteiger partial charge in [-0.1, -0.05) is 44.8 Å². The minimum absolute atomic E-state index is 0.00560. The molecule has 6 heteroatoms. The van der Waals surface area contributed by atoms with Crippen LogP contribution < -0.4 is 0 Å². The molecule has 1 fully saturated rings. The van der Waals surface area contributed by atoms with E-state index in [4.69, 9.17) is 4.74 Å². The van der Waals surface area contributed by atoms with Crippen molar-refractivity contribution < 1.29 is 17.9 Å². The molecule has 2 rings (SSSR count). The SMILES string of the molecule is C=C1CN(CCC2CCCCC2)CCC/C=C\C(O[C@H](C)C(F)(F)F)=N1.